The van der Waals surface area contributed by atoms with Crippen LogP contribution in [0.25, 0.3) is 11.0 Å². The van der Waals surface area contributed by atoms with Crippen LogP contribution in [-0.4, -0.2) is 39.3 Å². The molecule has 2 heterocycles. The average Bonchev–Trinajstić information content (AvgIpc) is 2.84. The fourth-order valence-corrected chi connectivity index (χ4v) is 2.54. The van der Waals surface area contributed by atoms with Crippen molar-refractivity contribution in [2.24, 2.45) is 0 Å². The molecule has 1 N–H and O–H groups in total. The topological polar surface area (TPSA) is 77.2 Å². The molecule has 0 spiro atoms. The normalized spacial score (nSPS) is 19.7. The Balaban J connectivity index is 2.06. The van der Waals surface area contributed by atoms with Crippen LogP contribution < -0.4 is 0 Å². The molecule has 0 aliphatic carbocycles. The van der Waals surface area contributed by atoms with E-state index >= 15 is 0 Å². The van der Waals surface area contributed by atoms with Crippen molar-refractivity contribution in [2.45, 2.75) is 25.3 Å². The largest absolute Gasteiger partial charge is 0.481 e. The lowest BCUT2D eigenvalue weighted by Crippen LogP contribution is -2.22. The van der Waals surface area contributed by atoms with Crippen LogP contribution in [0.2, 0.25) is 0 Å². The van der Waals surface area contributed by atoms with Crippen molar-refractivity contribution >= 4 is 17.0 Å². The molecular formula is C13H15N3O3. The first-order valence-electron chi connectivity index (χ1n) is 6.38. The Hall–Kier alpha value is -1.95. The molecule has 6 heteroatoms. The lowest BCUT2D eigenvalue weighted by atomic mass is 10.1. The van der Waals surface area contributed by atoms with Gasteiger partial charge in [0.25, 0.3) is 0 Å². The van der Waals surface area contributed by atoms with Gasteiger partial charge in [-0.1, -0.05) is 17.3 Å². The van der Waals surface area contributed by atoms with Crippen LogP contribution in [0.3, 0.4) is 0 Å². The number of nitrogens with zero attached hydrogens (tertiary/aromatic N) is 3. The van der Waals surface area contributed by atoms with Crippen LogP contribution in [0.5, 0.6) is 0 Å². The molecule has 0 saturated carbocycles. The number of carbonyl (C=O) groups is 1. The lowest BCUT2D eigenvalue weighted by molar-refractivity contribution is -0.136. The van der Waals surface area contributed by atoms with E-state index in [0.29, 0.717) is 6.61 Å². The van der Waals surface area contributed by atoms with Crippen molar-refractivity contribution in [2.75, 3.05) is 13.2 Å². The van der Waals surface area contributed by atoms with Gasteiger partial charge in [-0.25, -0.2) is 4.68 Å². The number of benzene rings is 1. The summed E-state index contributed by atoms with van der Waals surface area (Å²) in [6.07, 6.45) is 1.96. The first-order chi connectivity index (χ1) is 9.25. The second-order valence-electron chi connectivity index (χ2n) is 4.76. The molecule has 19 heavy (non-hydrogen) atoms. The molecule has 1 aliphatic rings. The van der Waals surface area contributed by atoms with Gasteiger partial charge in [0, 0.05) is 6.61 Å². The van der Waals surface area contributed by atoms with Gasteiger partial charge >= 0.3 is 5.97 Å². The maximum atomic E-state index is 10.9. The average molecular weight is 261 g/mol. The van der Waals surface area contributed by atoms with Crippen LogP contribution in [0, 0.1) is 0 Å². The molecule has 1 fully saturated rings. The molecule has 1 saturated heterocycles. The number of ether oxygens (including phenoxy) is 1. The fourth-order valence-electron chi connectivity index (χ4n) is 2.54. The van der Waals surface area contributed by atoms with Gasteiger partial charge in [0.1, 0.15) is 5.52 Å². The highest BCUT2D eigenvalue weighted by Gasteiger charge is 2.21. The Labute approximate surface area is 110 Å². The van der Waals surface area contributed by atoms with Gasteiger partial charge in [0.05, 0.1) is 24.6 Å². The van der Waals surface area contributed by atoms with Gasteiger partial charge in [-0.3, -0.25) is 4.79 Å². The highest BCUT2D eigenvalue weighted by atomic mass is 16.5. The number of hydrogen-bond acceptors (Lipinski definition) is 4. The number of carboxylic acids is 1. The Morgan fingerprint density at radius 2 is 2.42 bits per heavy atom. The van der Waals surface area contributed by atoms with Crippen LogP contribution in [0.1, 0.15) is 24.4 Å². The van der Waals surface area contributed by atoms with E-state index in [1.54, 1.807) is 0 Å². The third kappa shape index (κ3) is 2.31. The quantitative estimate of drug-likeness (QED) is 0.903. The standard InChI is InChI=1S/C13H15N3O3/c17-12(18)7-9-3-1-5-11-13(9)16(15-14-11)10-4-2-6-19-8-10/h1,3,5,10H,2,4,6-8H2,(H,17,18). The third-order valence-corrected chi connectivity index (χ3v) is 3.40. The summed E-state index contributed by atoms with van der Waals surface area (Å²) in [7, 11) is 0. The number of para-hydroxylation sites is 1. The van der Waals surface area contributed by atoms with Crippen molar-refractivity contribution in [1.29, 1.82) is 0 Å². The van der Waals surface area contributed by atoms with Gasteiger partial charge in [-0.2, -0.15) is 0 Å². The van der Waals surface area contributed by atoms with E-state index in [2.05, 4.69) is 10.3 Å². The molecule has 3 rings (SSSR count). The number of carboxylic acid groups (broad SMARTS) is 1. The van der Waals surface area contributed by atoms with E-state index in [0.717, 1.165) is 36.0 Å². The fraction of sp³-hybridized carbons (Fsp3) is 0.462. The molecule has 0 amide bonds. The molecule has 0 bridgehead atoms. The second-order valence-corrected chi connectivity index (χ2v) is 4.76. The van der Waals surface area contributed by atoms with E-state index in [-0.39, 0.29) is 12.5 Å². The van der Waals surface area contributed by atoms with Crippen LogP contribution in [0.4, 0.5) is 0 Å². The van der Waals surface area contributed by atoms with E-state index in [1.807, 2.05) is 22.9 Å². The minimum absolute atomic E-state index is 0.0156. The molecule has 1 aromatic carbocycles. The zero-order chi connectivity index (χ0) is 13.2. The monoisotopic (exact) mass is 261 g/mol. The predicted octanol–water partition coefficient (Wildman–Crippen LogP) is 1.41. The Morgan fingerprint density at radius 3 is 3.16 bits per heavy atom. The molecule has 1 aliphatic heterocycles. The summed E-state index contributed by atoms with van der Waals surface area (Å²) in [6, 6.07) is 5.64. The summed E-state index contributed by atoms with van der Waals surface area (Å²) in [5.41, 5.74) is 2.31. The number of hydrogen-bond donors (Lipinski definition) is 1. The van der Waals surface area contributed by atoms with Crippen molar-refractivity contribution in [1.82, 2.24) is 15.0 Å². The Kier molecular flexibility index (Phi) is 3.16. The van der Waals surface area contributed by atoms with E-state index < -0.39 is 5.97 Å². The summed E-state index contributed by atoms with van der Waals surface area (Å²) in [5, 5.41) is 17.3. The maximum Gasteiger partial charge on any atom is 0.307 e. The zero-order valence-electron chi connectivity index (χ0n) is 10.5. The van der Waals surface area contributed by atoms with Crippen LogP contribution in [0.15, 0.2) is 18.2 Å². The van der Waals surface area contributed by atoms with E-state index in [1.165, 1.54) is 0 Å². The minimum atomic E-state index is -0.847. The highest BCUT2D eigenvalue weighted by molar-refractivity contribution is 5.83. The van der Waals surface area contributed by atoms with Crippen molar-refractivity contribution in [3.63, 3.8) is 0 Å². The van der Waals surface area contributed by atoms with Crippen LogP contribution in [-0.2, 0) is 16.0 Å². The predicted molar refractivity (Wildman–Crippen MR) is 68.0 cm³/mol. The smallest absolute Gasteiger partial charge is 0.307 e. The Morgan fingerprint density at radius 1 is 1.53 bits per heavy atom. The van der Waals surface area contributed by atoms with Gasteiger partial charge in [0.15, 0.2) is 0 Å². The minimum Gasteiger partial charge on any atom is -0.481 e. The van der Waals surface area contributed by atoms with E-state index in [9.17, 15) is 4.79 Å². The number of aromatic nitrogens is 3. The molecule has 1 aromatic heterocycles. The van der Waals surface area contributed by atoms with Crippen LogP contribution >= 0.6 is 0 Å². The molecule has 1 unspecified atom stereocenters. The molecule has 6 nitrogen and oxygen atoms in total. The Bertz CT molecular complexity index is 602. The molecule has 0 radical (unpaired) electrons. The van der Waals surface area contributed by atoms with Crippen molar-refractivity contribution in [3.8, 4) is 0 Å². The summed E-state index contributed by atoms with van der Waals surface area (Å²) in [4.78, 5) is 10.9. The zero-order valence-corrected chi connectivity index (χ0v) is 10.5. The summed E-state index contributed by atoms with van der Waals surface area (Å²) in [5.74, 6) is -0.847. The van der Waals surface area contributed by atoms with Gasteiger partial charge in [-0.05, 0) is 24.5 Å². The lowest BCUT2D eigenvalue weighted by Gasteiger charge is -2.22. The number of aliphatic carboxylic acids is 1. The first-order valence-corrected chi connectivity index (χ1v) is 6.38. The summed E-state index contributed by atoms with van der Waals surface area (Å²) < 4.78 is 7.30. The molecule has 100 valence electrons. The first kappa shape index (κ1) is 12.1. The second kappa shape index (κ2) is 4.97. The summed E-state index contributed by atoms with van der Waals surface area (Å²) in [6.45, 7) is 1.39. The van der Waals surface area contributed by atoms with Crippen molar-refractivity contribution in [3.05, 3.63) is 23.8 Å². The highest BCUT2D eigenvalue weighted by Crippen LogP contribution is 2.25. The summed E-state index contributed by atoms with van der Waals surface area (Å²) >= 11 is 0. The number of rotatable bonds is 3. The maximum absolute atomic E-state index is 10.9. The van der Waals surface area contributed by atoms with Gasteiger partial charge < -0.3 is 9.84 Å². The molecule has 2 aromatic rings. The third-order valence-electron chi connectivity index (χ3n) is 3.40. The number of fused-ring (bicyclic) bond motifs is 1. The van der Waals surface area contributed by atoms with Crippen molar-refractivity contribution < 1.29 is 14.6 Å². The van der Waals surface area contributed by atoms with E-state index in [4.69, 9.17) is 9.84 Å². The SMILES string of the molecule is O=C(O)Cc1cccc2nnn(C3CCCOC3)c12. The van der Waals surface area contributed by atoms with Gasteiger partial charge in [-0.15, -0.1) is 5.10 Å². The van der Waals surface area contributed by atoms with Gasteiger partial charge in [0.2, 0.25) is 0 Å². The molecule has 1 atom stereocenters. The molecular weight excluding hydrogens is 246 g/mol.